The summed E-state index contributed by atoms with van der Waals surface area (Å²) in [6.45, 7) is 5.13. The minimum Gasteiger partial charge on any atom is -0.496 e. The Labute approximate surface area is 179 Å². The molecule has 1 aliphatic rings. The molecule has 30 heavy (non-hydrogen) atoms. The number of thiophene rings is 1. The maximum absolute atomic E-state index is 13.1. The lowest BCUT2D eigenvalue weighted by molar-refractivity contribution is 0.251. The monoisotopic (exact) mass is 426 g/mol. The van der Waals surface area contributed by atoms with E-state index in [1.165, 1.54) is 11.3 Å². The number of rotatable bonds is 4. The van der Waals surface area contributed by atoms with Crippen molar-refractivity contribution in [1.82, 2.24) is 14.9 Å². The lowest BCUT2D eigenvalue weighted by atomic mass is 10.0. The average Bonchev–Trinajstić information content (AvgIpc) is 2.92. The highest BCUT2D eigenvalue weighted by Gasteiger charge is 2.21. The molecule has 0 spiro atoms. The van der Waals surface area contributed by atoms with Crippen LogP contribution in [0.2, 0.25) is 0 Å². The Morgan fingerprint density at radius 1 is 1.33 bits per heavy atom. The Morgan fingerprint density at radius 2 is 2.13 bits per heavy atom. The van der Waals surface area contributed by atoms with Crippen molar-refractivity contribution in [3.63, 3.8) is 0 Å². The summed E-state index contributed by atoms with van der Waals surface area (Å²) in [5, 5.41) is 7.00. The van der Waals surface area contributed by atoms with Crippen LogP contribution < -0.4 is 20.9 Å². The molecule has 8 heteroatoms. The van der Waals surface area contributed by atoms with Gasteiger partial charge in [-0.15, -0.1) is 0 Å². The maximum atomic E-state index is 13.1. The number of hydrogen-bond acceptors (Lipinski definition) is 5. The fourth-order valence-corrected chi connectivity index (χ4v) is 4.93. The number of amides is 2. The number of carbonyl (C=O) groups is 1. The first-order valence-electron chi connectivity index (χ1n) is 10.2. The van der Waals surface area contributed by atoms with E-state index in [0.717, 1.165) is 42.0 Å². The van der Waals surface area contributed by atoms with Gasteiger partial charge in [0, 0.05) is 25.1 Å². The quantitative estimate of drug-likeness (QED) is 0.659. The van der Waals surface area contributed by atoms with Crippen LogP contribution >= 0.6 is 11.3 Å². The molecule has 3 heterocycles. The first-order valence-corrected chi connectivity index (χ1v) is 11.0. The Kier molecular flexibility index (Phi) is 5.76. The van der Waals surface area contributed by atoms with Gasteiger partial charge in [0.25, 0.3) is 5.56 Å². The first kappa shape index (κ1) is 20.4. The van der Waals surface area contributed by atoms with Crippen LogP contribution in [0.15, 0.2) is 29.1 Å². The Balaban J connectivity index is 1.55. The fourth-order valence-electron chi connectivity index (χ4n) is 3.84. The molecular weight excluding hydrogens is 400 g/mol. The van der Waals surface area contributed by atoms with Gasteiger partial charge in [0.2, 0.25) is 0 Å². The number of ether oxygens (including phenoxy) is 1. The van der Waals surface area contributed by atoms with E-state index in [-0.39, 0.29) is 11.6 Å². The number of carbonyl (C=O) groups excluding carboxylic acids is 1. The highest BCUT2D eigenvalue weighted by molar-refractivity contribution is 7.22. The van der Waals surface area contributed by atoms with E-state index in [0.29, 0.717) is 34.2 Å². The van der Waals surface area contributed by atoms with Crippen molar-refractivity contribution in [3.05, 3.63) is 51.6 Å². The van der Waals surface area contributed by atoms with E-state index in [9.17, 15) is 9.59 Å². The summed E-state index contributed by atoms with van der Waals surface area (Å²) >= 11 is 1.36. The highest BCUT2D eigenvalue weighted by Crippen LogP contribution is 2.33. The summed E-state index contributed by atoms with van der Waals surface area (Å²) in [5.41, 5.74) is 1.66. The lowest BCUT2D eigenvalue weighted by Crippen LogP contribution is -2.28. The van der Waals surface area contributed by atoms with Crippen LogP contribution in [-0.2, 0) is 19.5 Å². The molecule has 2 aromatic heterocycles. The minimum absolute atomic E-state index is 0.000306. The van der Waals surface area contributed by atoms with Crippen LogP contribution in [0.1, 0.15) is 36.7 Å². The van der Waals surface area contributed by atoms with Crippen molar-refractivity contribution in [1.29, 1.82) is 0 Å². The number of methoxy groups -OCH3 is 1. The third-order valence-corrected chi connectivity index (χ3v) is 6.80. The number of anilines is 1. The van der Waals surface area contributed by atoms with Gasteiger partial charge in [-0.3, -0.25) is 14.7 Å². The second-order valence-electron chi connectivity index (χ2n) is 7.77. The fraction of sp³-hybridized carbons (Fsp3) is 0.409. The summed E-state index contributed by atoms with van der Waals surface area (Å²) in [6.07, 6.45) is 2.84. The molecule has 0 unspecified atom stereocenters. The number of aryl methyl sites for hydroxylation is 2. The van der Waals surface area contributed by atoms with Gasteiger partial charge in [0.15, 0.2) is 0 Å². The van der Waals surface area contributed by atoms with Crippen molar-refractivity contribution in [3.8, 4) is 5.75 Å². The van der Waals surface area contributed by atoms with E-state index in [1.54, 1.807) is 7.11 Å². The van der Waals surface area contributed by atoms with Gasteiger partial charge in [-0.1, -0.05) is 36.5 Å². The average molecular weight is 427 g/mol. The Hall–Kier alpha value is -2.87. The van der Waals surface area contributed by atoms with Crippen LogP contribution in [0.3, 0.4) is 0 Å². The van der Waals surface area contributed by atoms with Crippen LogP contribution in [0, 0.1) is 12.8 Å². The van der Waals surface area contributed by atoms with Gasteiger partial charge in [0.1, 0.15) is 21.4 Å². The lowest BCUT2D eigenvalue weighted by Gasteiger charge is -2.10. The highest BCUT2D eigenvalue weighted by atomic mass is 32.1. The summed E-state index contributed by atoms with van der Waals surface area (Å²) in [5.74, 6) is 2.17. The van der Waals surface area contributed by atoms with Crippen LogP contribution in [0.25, 0.3) is 10.2 Å². The number of para-hydroxylation sites is 1. The third kappa shape index (κ3) is 3.92. The van der Waals surface area contributed by atoms with Crippen LogP contribution in [0.4, 0.5) is 9.80 Å². The zero-order chi connectivity index (χ0) is 21.3. The standard InChI is InChI=1S/C22H26N4O3S/c1-13-8-9-17-24-20-18(21(27)26(17)11-10-13)14(2)19(30-20)25-22(28)23-12-15-6-4-5-7-16(15)29-3/h4-7,13H,8-12H2,1-3H3,(H2,23,25,28)/t13-/m0/s1. The molecule has 0 bridgehead atoms. The SMILES string of the molecule is COc1ccccc1CNC(=O)Nc1sc2nc3n(c(=O)c2c1C)CC[C@@H](C)CC3. The molecule has 0 fully saturated rings. The number of nitrogens with zero attached hydrogens (tertiary/aromatic N) is 2. The van der Waals surface area contributed by atoms with Gasteiger partial charge in [-0.05, 0) is 37.3 Å². The molecule has 7 nitrogen and oxygen atoms in total. The van der Waals surface area contributed by atoms with E-state index < -0.39 is 0 Å². The predicted molar refractivity (Wildman–Crippen MR) is 120 cm³/mol. The number of urea groups is 1. The largest absolute Gasteiger partial charge is 0.496 e. The van der Waals surface area contributed by atoms with E-state index in [2.05, 4.69) is 17.6 Å². The van der Waals surface area contributed by atoms with Crippen molar-refractivity contribution in [2.45, 2.75) is 46.2 Å². The third-order valence-electron chi connectivity index (χ3n) is 5.69. The smallest absolute Gasteiger partial charge is 0.320 e. The van der Waals surface area contributed by atoms with Crippen molar-refractivity contribution < 1.29 is 9.53 Å². The topological polar surface area (TPSA) is 85.2 Å². The van der Waals surface area contributed by atoms with E-state index in [1.807, 2.05) is 35.8 Å². The number of hydrogen-bond donors (Lipinski definition) is 2. The summed E-state index contributed by atoms with van der Waals surface area (Å²) in [7, 11) is 1.60. The van der Waals surface area contributed by atoms with E-state index >= 15 is 0 Å². The van der Waals surface area contributed by atoms with Gasteiger partial charge < -0.3 is 10.1 Å². The molecule has 1 atom stereocenters. The molecule has 1 aromatic carbocycles. The van der Waals surface area contributed by atoms with Crippen molar-refractivity contribution >= 4 is 32.6 Å². The second-order valence-corrected chi connectivity index (χ2v) is 8.77. The number of fused-ring (bicyclic) bond motifs is 2. The molecule has 0 saturated carbocycles. The Morgan fingerprint density at radius 3 is 2.93 bits per heavy atom. The number of nitrogens with one attached hydrogen (secondary N) is 2. The first-order chi connectivity index (χ1) is 14.5. The molecule has 158 valence electrons. The molecule has 0 saturated heterocycles. The molecule has 3 aromatic rings. The minimum atomic E-state index is -0.328. The summed E-state index contributed by atoms with van der Waals surface area (Å²) in [6, 6.07) is 7.22. The van der Waals surface area contributed by atoms with Crippen LogP contribution in [0.5, 0.6) is 5.75 Å². The van der Waals surface area contributed by atoms with Gasteiger partial charge in [0.05, 0.1) is 12.5 Å². The van der Waals surface area contributed by atoms with Crippen molar-refractivity contribution in [2.24, 2.45) is 5.92 Å². The molecule has 2 amide bonds. The predicted octanol–water partition coefficient (Wildman–Crippen LogP) is 4.07. The zero-order valence-corrected chi connectivity index (χ0v) is 18.3. The van der Waals surface area contributed by atoms with Crippen LogP contribution in [-0.4, -0.2) is 22.7 Å². The van der Waals surface area contributed by atoms with Crippen molar-refractivity contribution in [2.75, 3.05) is 12.4 Å². The molecule has 1 aliphatic heterocycles. The van der Waals surface area contributed by atoms with Gasteiger partial charge in [-0.25, -0.2) is 9.78 Å². The van der Waals surface area contributed by atoms with Gasteiger partial charge in [-0.2, -0.15) is 0 Å². The maximum Gasteiger partial charge on any atom is 0.320 e. The summed E-state index contributed by atoms with van der Waals surface area (Å²) < 4.78 is 7.13. The molecule has 0 radical (unpaired) electrons. The van der Waals surface area contributed by atoms with E-state index in [4.69, 9.17) is 9.72 Å². The summed E-state index contributed by atoms with van der Waals surface area (Å²) in [4.78, 5) is 31.1. The van der Waals surface area contributed by atoms with Gasteiger partial charge >= 0.3 is 6.03 Å². The molecule has 4 rings (SSSR count). The number of aromatic nitrogens is 2. The molecule has 0 aliphatic carbocycles. The molecule has 2 N–H and O–H groups in total. The second kappa shape index (κ2) is 8.47. The Bertz CT molecular complexity index is 1150. The normalized spacial score (nSPS) is 16.0. The molecular formula is C22H26N4O3S. The zero-order valence-electron chi connectivity index (χ0n) is 17.4. The number of benzene rings is 1.